The van der Waals surface area contributed by atoms with E-state index in [1.807, 2.05) is 25.2 Å². The fourth-order valence-corrected chi connectivity index (χ4v) is 5.50. The molecular weight excluding hydrogens is 527 g/mol. The largest absolute Gasteiger partial charge is 0.486 e. The van der Waals surface area contributed by atoms with Gasteiger partial charge in [-0.25, -0.2) is 4.39 Å². The summed E-state index contributed by atoms with van der Waals surface area (Å²) in [6.07, 6.45) is 2.54. The highest BCUT2D eigenvalue weighted by molar-refractivity contribution is 6.42. The first kappa shape index (κ1) is 26.9. The van der Waals surface area contributed by atoms with Crippen LogP contribution in [0.15, 0.2) is 60.8 Å². The summed E-state index contributed by atoms with van der Waals surface area (Å²) in [6.45, 7) is 2.45. The summed E-state index contributed by atoms with van der Waals surface area (Å²) in [5.74, 6) is -2.00. The molecule has 1 fully saturated rings. The standard InChI is InChI=1S/C31H31FN4O5/c1-35-26-15-21(8-9-22(26)17-33-35)19-4-6-20(7-5-19)29(38)31(39)34-25(18-36-10-2-3-11-36)28(37)23-14-24(32)30-27(16-23)40-12-13-41-30/h4-9,14-17,25,28,37H,2-3,10-13,18H2,1H3,(H,34,39)/t25-,28-/m1/s1. The molecule has 0 saturated carbocycles. The lowest BCUT2D eigenvalue weighted by Crippen LogP contribution is -2.48. The zero-order chi connectivity index (χ0) is 28.5. The van der Waals surface area contributed by atoms with Crippen LogP contribution in [0, 0.1) is 5.82 Å². The number of aryl methyl sites for hydroxylation is 1. The lowest BCUT2D eigenvalue weighted by Gasteiger charge is -2.29. The van der Waals surface area contributed by atoms with Crippen molar-refractivity contribution in [2.24, 2.45) is 7.05 Å². The molecule has 2 N–H and O–H groups in total. The number of nitrogens with zero attached hydrogens (tertiary/aromatic N) is 3. The van der Waals surface area contributed by atoms with Gasteiger partial charge in [-0.05, 0) is 60.8 Å². The minimum Gasteiger partial charge on any atom is -0.486 e. The molecule has 1 amide bonds. The molecule has 212 valence electrons. The third kappa shape index (κ3) is 5.53. The first-order valence-corrected chi connectivity index (χ1v) is 13.7. The summed E-state index contributed by atoms with van der Waals surface area (Å²) in [5, 5.41) is 19.3. The molecule has 2 aliphatic rings. The Labute approximate surface area is 236 Å². The van der Waals surface area contributed by atoms with Crippen molar-refractivity contribution in [3.63, 3.8) is 0 Å². The number of rotatable bonds is 8. The summed E-state index contributed by atoms with van der Waals surface area (Å²) in [4.78, 5) is 28.4. The van der Waals surface area contributed by atoms with Gasteiger partial charge in [0.05, 0.1) is 17.8 Å². The summed E-state index contributed by atoms with van der Waals surface area (Å²) in [6, 6.07) is 14.7. The van der Waals surface area contributed by atoms with E-state index in [9.17, 15) is 19.1 Å². The molecule has 2 aliphatic heterocycles. The van der Waals surface area contributed by atoms with E-state index in [-0.39, 0.29) is 35.8 Å². The van der Waals surface area contributed by atoms with Crippen LogP contribution in [0.2, 0.25) is 0 Å². The maximum atomic E-state index is 14.7. The van der Waals surface area contributed by atoms with Crippen molar-refractivity contribution in [1.29, 1.82) is 0 Å². The Bertz CT molecular complexity index is 1600. The number of carbonyl (C=O) groups is 2. The number of ether oxygens (including phenoxy) is 2. The first-order chi connectivity index (χ1) is 19.9. The minimum atomic E-state index is -1.28. The van der Waals surface area contributed by atoms with Crippen LogP contribution in [0.25, 0.3) is 22.0 Å². The average Bonchev–Trinajstić information content (AvgIpc) is 3.65. The SMILES string of the molecule is Cn1ncc2ccc(-c3ccc(C(=O)C(=O)N[C@H](CN4CCCC4)[C@H](O)c4cc(F)c5c(c4)OCCO5)cc3)cc21. The van der Waals surface area contributed by atoms with Gasteiger partial charge >= 0.3 is 0 Å². The number of aliphatic hydroxyl groups excluding tert-OH is 1. The summed E-state index contributed by atoms with van der Waals surface area (Å²) >= 11 is 0. The van der Waals surface area contributed by atoms with E-state index in [1.165, 1.54) is 12.1 Å². The zero-order valence-corrected chi connectivity index (χ0v) is 22.7. The fraction of sp³-hybridized carbons (Fsp3) is 0.323. The number of hydrogen-bond acceptors (Lipinski definition) is 7. The highest BCUT2D eigenvalue weighted by Crippen LogP contribution is 2.36. The molecule has 1 aromatic heterocycles. The normalized spacial score (nSPS) is 16.5. The van der Waals surface area contributed by atoms with Gasteiger partial charge in [0.25, 0.3) is 5.91 Å². The number of amides is 1. The quantitative estimate of drug-likeness (QED) is 0.251. The molecule has 41 heavy (non-hydrogen) atoms. The molecule has 3 aromatic carbocycles. The highest BCUT2D eigenvalue weighted by Gasteiger charge is 2.31. The predicted molar refractivity (Wildman–Crippen MR) is 150 cm³/mol. The molecule has 0 spiro atoms. The Balaban J connectivity index is 1.20. The Hall–Kier alpha value is -4.28. The molecule has 10 heteroatoms. The van der Waals surface area contributed by atoms with Crippen molar-refractivity contribution in [3.05, 3.63) is 77.7 Å². The van der Waals surface area contributed by atoms with E-state index in [2.05, 4.69) is 15.3 Å². The molecular formula is C31H31FN4O5. The Morgan fingerprint density at radius 2 is 1.76 bits per heavy atom. The number of likely N-dealkylation sites (tertiary alicyclic amines) is 1. The van der Waals surface area contributed by atoms with Crippen molar-refractivity contribution < 1.29 is 28.6 Å². The van der Waals surface area contributed by atoms with E-state index in [4.69, 9.17) is 9.47 Å². The maximum Gasteiger partial charge on any atom is 0.292 e. The second-order valence-corrected chi connectivity index (χ2v) is 10.5. The third-order valence-electron chi connectivity index (χ3n) is 7.75. The fourth-order valence-electron chi connectivity index (χ4n) is 5.50. The van der Waals surface area contributed by atoms with Gasteiger partial charge in [-0.2, -0.15) is 5.10 Å². The molecule has 1 saturated heterocycles. The number of fused-ring (bicyclic) bond motifs is 2. The number of aromatic nitrogens is 2. The van der Waals surface area contributed by atoms with Crippen molar-refractivity contribution in [3.8, 4) is 22.6 Å². The van der Waals surface area contributed by atoms with Crippen LogP contribution >= 0.6 is 0 Å². The number of halogens is 1. The predicted octanol–water partition coefficient (Wildman–Crippen LogP) is 3.65. The van der Waals surface area contributed by atoms with Crippen molar-refractivity contribution in [1.82, 2.24) is 20.0 Å². The number of Topliss-reactive ketones (excluding diaryl/α,β-unsaturated/α-hetero) is 1. The summed E-state index contributed by atoms with van der Waals surface area (Å²) in [5.41, 5.74) is 3.31. The van der Waals surface area contributed by atoms with Crippen molar-refractivity contribution in [2.45, 2.75) is 25.0 Å². The van der Waals surface area contributed by atoms with E-state index >= 15 is 0 Å². The molecule has 0 unspecified atom stereocenters. The Morgan fingerprint density at radius 3 is 2.54 bits per heavy atom. The Morgan fingerprint density at radius 1 is 1.02 bits per heavy atom. The molecule has 0 aliphatic carbocycles. The molecule has 4 aromatic rings. The van der Waals surface area contributed by atoms with Crippen LogP contribution in [0.3, 0.4) is 0 Å². The molecule has 3 heterocycles. The number of aliphatic hydroxyl groups is 1. The molecule has 6 rings (SSSR count). The maximum absolute atomic E-state index is 14.7. The van der Waals surface area contributed by atoms with Crippen LogP contribution in [0.1, 0.15) is 34.9 Å². The van der Waals surface area contributed by atoms with Crippen molar-refractivity contribution in [2.75, 3.05) is 32.8 Å². The summed E-state index contributed by atoms with van der Waals surface area (Å²) in [7, 11) is 1.88. The van der Waals surface area contributed by atoms with Gasteiger partial charge in [-0.1, -0.05) is 36.4 Å². The van der Waals surface area contributed by atoms with Crippen LogP contribution < -0.4 is 14.8 Å². The van der Waals surface area contributed by atoms with E-state index in [0.29, 0.717) is 6.54 Å². The number of benzene rings is 3. The topological polar surface area (TPSA) is 106 Å². The number of hydrogen-bond donors (Lipinski definition) is 2. The van der Waals surface area contributed by atoms with Gasteiger partial charge in [-0.15, -0.1) is 0 Å². The molecule has 0 radical (unpaired) electrons. The van der Waals surface area contributed by atoms with E-state index in [1.54, 1.807) is 35.1 Å². The lowest BCUT2D eigenvalue weighted by atomic mass is 9.99. The Kier molecular flexibility index (Phi) is 7.42. The van der Waals surface area contributed by atoms with Crippen molar-refractivity contribution >= 4 is 22.6 Å². The highest BCUT2D eigenvalue weighted by atomic mass is 19.1. The third-order valence-corrected chi connectivity index (χ3v) is 7.75. The smallest absolute Gasteiger partial charge is 0.292 e. The number of carbonyl (C=O) groups excluding carboxylic acids is 2. The van der Waals surface area contributed by atoms with Gasteiger partial charge in [0.1, 0.15) is 19.3 Å². The van der Waals surface area contributed by atoms with Gasteiger partial charge in [-0.3, -0.25) is 14.3 Å². The van der Waals surface area contributed by atoms with E-state index < -0.39 is 29.7 Å². The first-order valence-electron chi connectivity index (χ1n) is 13.7. The monoisotopic (exact) mass is 558 g/mol. The number of ketones is 1. The van der Waals surface area contributed by atoms with Crippen LogP contribution in [0.5, 0.6) is 11.5 Å². The lowest BCUT2D eigenvalue weighted by molar-refractivity contribution is -0.118. The van der Waals surface area contributed by atoms with Gasteiger partial charge in [0.2, 0.25) is 5.78 Å². The zero-order valence-electron chi connectivity index (χ0n) is 22.7. The minimum absolute atomic E-state index is 0.00574. The van der Waals surface area contributed by atoms with Crippen LogP contribution in [-0.4, -0.2) is 70.4 Å². The van der Waals surface area contributed by atoms with Gasteiger partial charge < -0.3 is 24.8 Å². The second kappa shape index (κ2) is 11.3. The van der Waals surface area contributed by atoms with Crippen LogP contribution in [0.4, 0.5) is 4.39 Å². The van der Waals surface area contributed by atoms with E-state index in [0.717, 1.165) is 48.0 Å². The summed E-state index contributed by atoms with van der Waals surface area (Å²) < 4.78 is 27.4. The van der Waals surface area contributed by atoms with Gasteiger partial charge in [0.15, 0.2) is 17.3 Å². The second-order valence-electron chi connectivity index (χ2n) is 10.5. The number of nitrogens with one attached hydrogen (secondary N) is 1. The molecule has 9 nitrogen and oxygen atoms in total. The molecule has 2 atom stereocenters. The molecule has 0 bridgehead atoms. The van der Waals surface area contributed by atoms with Crippen LogP contribution in [-0.2, 0) is 11.8 Å². The van der Waals surface area contributed by atoms with Gasteiger partial charge in [0, 0.05) is 24.5 Å². The average molecular weight is 559 g/mol.